The second-order valence-electron chi connectivity index (χ2n) is 4.02. The molecule has 0 atom stereocenters. The van der Waals surface area contributed by atoms with Crippen LogP contribution in [0, 0.1) is 6.92 Å². The van der Waals surface area contributed by atoms with Crippen LogP contribution in [-0.2, 0) is 4.79 Å². The highest BCUT2D eigenvalue weighted by atomic mass is 35.5. The van der Waals surface area contributed by atoms with Crippen molar-refractivity contribution < 1.29 is 14.0 Å². The van der Waals surface area contributed by atoms with Gasteiger partial charge < -0.3 is 0 Å². The van der Waals surface area contributed by atoms with Crippen molar-refractivity contribution in [2.24, 2.45) is 0 Å². The molecule has 0 aromatic heterocycles. The van der Waals surface area contributed by atoms with Crippen LogP contribution >= 0.6 is 46.8 Å². The van der Waals surface area contributed by atoms with E-state index in [1.54, 1.807) is 19.1 Å². The number of halogens is 4. The molecule has 20 heavy (non-hydrogen) atoms. The smallest absolute Gasteiger partial charge is 0.272 e. The minimum atomic E-state index is -2.68. The Morgan fingerprint density at radius 1 is 1.35 bits per heavy atom. The number of hydrogen-bond acceptors (Lipinski definition) is 3. The average molecular weight is 358 g/mol. The van der Waals surface area contributed by atoms with Crippen molar-refractivity contribution >= 4 is 64.4 Å². The van der Waals surface area contributed by atoms with Gasteiger partial charge >= 0.3 is 9.95 Å². The number of carbonyl (C=O) groups excluding carboxylic acids is 2. The SMILES string of the molecule is Cc1ccc(N2C(=O)CN(SC(F)(Cl)Cl)C2=O)cc1Cl. The molecule has 1 fully saturated rings. The van der Waals surface area contributed by atoms with Crippen molar-refractivity contribution in [1.82, 2.24) is 4.31 Å². The number of hydrogen-bond donors (Lipinski definition) is 0. The van der Waals surface area contributed by atoms with Gasteiger partial charge in [0, 0.05) is 17.0 Å². The third kappa shape index (κ3) is 3.31. The van der Waals surface area contributed by atoms with Gasteiger partial charge in [0.2, 0.25) is 0 Å². The van der Waals surface area contributed by atoms with Gasteiger partial charge in [-0.15, -0.1) is 0 Å². The number of anilines is 1. The van der Waals surface area contributed by atoms with Crippen LogP contribution in [0.2, 0.25) is 5.02 Å². The van der Waals surface area contributed by atoms with Gasteiger partial charge in [-0.1, -0.05) is 40.9 Å². The summed E-state index contributed by atoms with van der Waals surface area (Å²) in [6.07, 6.45) is 0. The van der Waals surface area contributed by atoms with E-state index >= 15 is 0 Å². The number of imide groups is 1. The van der Waals surface area contributed by atoms with E-state index < -0.39 is 15.9 Å². The molecule has 3 amide bonds. The second kappa shape index (κ2) is 5.60. The van der Waals surface area contributed by atoms with Gasteiger partial charge in [0.25, 0.3) is 5.91 Å². The standard InChI is InChI=1S/C11H8Cl3FN2O2S/c1-6-2-3-7(4-8(6)12)17-9(18)5-16(10(17)19)20-11(13,14)15/h2-4H,5H2,1H3. The molecule has 0 N–H and O–H groups in total. The van der Waals surface area contributed by atoms with Gasteiger partial charge in [0.1, 0.15) is 6.54 Å². The second-order valence-corrected chi connectivity index (χ2v) is 7.30. The summed E-state index contributed by atoms with van der Waals surface area (Å²) >= 11 is 16.6. The summed E-state index contributed by atoms with van der Waals surface area (Å²) in [5.74, 6) is -0.514. The first-order chi connectivity index (χ1) is 9.19. The summed E-state index contributed by atoms with van der Waals surface area (Å²) in [7, 11) is 0. The molecular formula is C11H8Cl3FN2O2S. The summed E-state index contributed by atoms with van der Waals surface area (Å²) in [4.78, 5) is 24.9. The molecule has 1 aromatic carbocycles. The van der Waals surface area contributed by atoms with E-state index in [-0.39, 0.29) is 18.5 Å². The Morgan fingerprint density at radius 2 is 2.00 bits per heavy atom. The molecule has 0 spiro atoms. The van der Waals surface area contributed by atoms with E-state index in [0.717, 1.165) is 14.8 Å². The fourth-order valence-electron chi connectivity index (χ4n) is 1.65. The molecule has 1 aromatic rings. The fraction of sp³-hybridized carbons (Fsp3) is 0.273. The van der Waals surface area contributed by atoms with E-state index in [2.05, 4.69) is 0 Å². The maximum atomic E-state index is 13.1. The van der Waals surface area contributed by atoms with Crippen molar-refractivity contribution in [3.05, 3.63) is 28.8 Å². The lowest BCUT2D eigenvalue weighted by molar-refractivity contribution is -0.116. The highest BCUT2D eigenvalue weighted by Crippen LogP contribution is 2.41. The molecule has 9 heteroatoms. The Kier molecular flexibility index (Phi) is 4.39. The number of nitrogens with zero attached hydrogens (tertiary/aromatic N) is 2. The van der Waals surface area contributed by atoms with Crippen molar-refractivity contribution in [3.8, 4) is 0 Å². The number of benzene rings is 1. The number of alkyl halides is 3. The normalized spacial score (nSPS) is 16.2. The highest BCUT2D eigenvalue weighted by Gasteiger charge is 2.42. The lowest BCUT2D eigenvalue weighted by Gasteiger charge is -2.18. The molecular weight excluding hydrogens is 350 g/mol. The van der Waals surface area contributed by atoms with Crippen LogP contribution < -0.4 is 4.90 Å². The third-order valence-corrected chi connectivity index (χ3v) is 4.09. The Labute approximate surface area is 133 Å². The number of carbonyl (C=O) groups is 2. The van der Waals surface area contributed by atoms with Gasteiger partial charge in [-0.05, 0) is 24.6 Å². The molecule has 0 unspecified atom stereocenters. The van der Waals surface area contributed by atoms with Gasteiger partial charge in [-0.3, -0.25) is 9.10 Å². The minimum absolute atomic E-state index is 0.234. The van der Waals surface area contributed by atoms with Crippen molar-refractivity contribution in [1.29, 1.82) is 0 Å². The molecule has 0 radical (unpaired) electrons. The number of urea groups is 1. The van der Waals surface area contributed by atoms with Gasteiger partial charge in [-0.2, -0.15) is 4.39 Å². The molecule has 1 aliphatic rings. The van der Waals surface area contributed by atoms with Crippen LogP contribution in [0.3, 0.4) is 0 Å². The van der Waals surface area contributed by atoms with Crippen molar-refractivity contribution in [2.45, 2.75) is 10.8 Å². The van der Waals surface area contributed by atoms with Crippen LogP contribution in [0.4, 0.5) is 14.9 Å². The van der Waals surface area contributed by atoms with Crippen LogP contribution in [-0.4, -0.2) is 26.7 Å². The molecule has 2 rings (SSSR count). The quantitative estimate of drug-likeness (QED) is 0.464. The predicted molar refractivity (Wildman–Crippen MR) is 78.9 cm³/mol. The molecule has 0 saturated carbocycles. The molecule has 4 nitrogen and oxygen atoms in total. The Balaban J connectivity index is 2.27. The first-order valence-corrected chi connectivity index (χ1v) is 7.26. The summed E-state index contributed by atoms with van der Waals surface area (Å²) in [6, 6.07) is 4.03. The summed E-state index contributed by atoms with van der Waals surface area (Å²) in [6.45, 7) is 1.47. The lowest BCUT2D eigenvalue weighted by atomic mass is 10.2. The lowest BCUT2D eigenvalue weighted by Crippen LogP contribution is -2.31. The zero-order valence-electron chi connectivity index (χ0n) is 10.1. The van der Waals surface area contributed by atoms with Crippen LogP contribution in [0.5, 0.6) is 0 Å². The molecule has 108 valence electrons. The largest absolute Gasteiger partial charge is 0.342 e. The number of amides is 3. The van der Waals surface area contributed by atoms with E-state index in [1.807, 2.05) is 0 Å². The zero-order valence-corrected chi connectivity index (χ0v) is 13.2. The van der Waals surface area contributed by atoms with Crippen LogP contribution in [0.25, 0.3) is 0 Å². The Hall–Kier alpha value is -0.690. The first-order valence-electron chi connectivity index (χ1n) is 5.35. The van der Waals surface area contributed by atoms with Gasteiger partial charge in [-0.25, -0.2) is 9.69 Å². The monoisotopic (exact) mass is 356 g/mol. The van der Waals surface area contributed by atoms with Gasteiger partial charge in [0.05, 0.1) is 5.69 Å². The summed E-state index contributed by atoms with van der Waals surface area (Å²) in [5, 5.41) is 0.420. The van der Waals surface area contributed by atoms with E-state index in [1.165, 1.54) is 6.07 Å². The molecule has 0 aliphatic carbocycles. The van der Waals surface area contributed by atoms with Crippen molar-refractivity contribution in [3.63, 3.8) is 0 Å². The van der Waals surface area contributed by atoms with E-state index in [9.17, 15) is 14.0 Å². The topological polar surface area (TPSA) is 40.6 Å². The van der Waals surface area contributed by atoms with E-state index in [4.69, 9.17) is 34.8 Å². The number of aryl methyl sites for hydroxylation is 1. The summed E-state index contributed by atoms with van der Waals surface area (Å²) < 4.78 is 11.3. The third-order valence-electron chi connectivity index (χ3n) is 2.56. The zero-order chi connectivity index (χ0) is 15.1. The fourth-order valence-corrected chi connectivity index (χ4v) is 2.91. The van der Waals surface area contributed by atoms with Crippen LogP contribution in [0.1, 0.15) is 5.56 Å². The first kappa shape index (κ1) is 15.7. The molecule has 1 saturated heterocycles. The predicted octanol–water partition coefficient (Wildman–Crippen LogP) is 4.12. The Morgan fingerprint density at radius 3 is 2.55 bits per heavy atom. The van der Waals surface area contributed by atoms with Crippen molar-refractivity contribution in [2.75, 3.05) is 11.4 Å². The maximum absolute atomic E-state index is 13.1. The molecule has 1 aliphatic heterocycles. The molecule has 0 bridgehead atoms. The molecule has 1 heterocycles. The average Bonchev–Trinajstić information content (AvgIpc) is 2.56. The maximum Gasteiger partial charge on any atom is 0.342 e. The minimum Gasteiger partial charge on any atom is -0.272 e. The van der Waals surface area contributed by atoms with Crippen LogP contribution in [0.15, 0.2) is 18.2 Å². The Bertz CT molecular complexity index is 579. The van der Waals surface area contributed by atoms with E-state index in [0.29, 0.717) is 10.7 Å². The van der Waals surface area contributed by atoms with Gasteiger partial charge in [0.15, 0.2) is 0 Å². The summed E-state index contributed by atoms with van der Waals surface area (Å²) in [5.41, 5.74) is 1.12. The number of rotatable bonds is 3. The highest BCUT2D eigenvalue weighted by molar-refractivity contribution is 8.01.